The lowest BCUT2D eigenvalue weighted by Crippen LogP contribution is -2.67. The van der Waals surface area contributed by atoms with Crippen LogP contribution in [0.1, 0.15) is 63.9 Å². The Morgan fingerprint density at radius 2 is 1.39 bits per heavy atom. The molecule has 330 valence electrons. The summed E-state index contributed by atoms with van der Waals surface area (Å²) in [5, 5.41) is 50.5. The summed E-state index contributed by atoms with van der Waals surface area (Å²) in [5.74, 6) is 1.56. The summed E-state index contributed by atoms with van der Waals surface area (Å²) in [6.07, 6.45) is -3.05. The van der Waals surface area contributed by atoms with E-state index in [1.165, 1.54) is 0 Å². The Bertz CT molecular complexity index is 1630. The first-order chi connectivity index (χ1) is 28.6. The number of aliphatic hydroxyl groups excluding tert-OH is 4. The Balaban J connectivity index is 0.950. The minimum atomic E-state index is -1.30. The largest absolute Gasteiger partial charge is 0.394 e. The second-order valence-corrected chi connectivity index (χ2v) is 17.6. The molecule has 2 aromatic rings. The Hall–Kier alpha value is -2.44. The molecule has 0 amide bonds. The van der Waals surface area contributed by atoms with E-state index in [0.717, 1.165) is 43.7 Å². The second kappa shape index (κ2) is 24.3. The first-order valence-electron chi connectivity index (χ1n) is 20.5. The fraction of sp³-hybridized carbons (Fsp3) is 0.650. The van der Waals surface area contributed by atoms with Crippen molar-refractivity contribution in [2.45, 2.75) is 93.1 Å². The number of rotatable bonds is 25. The van der Waals surface area contributed by atoms with E-state index in [4.69, 9.17) is 47.0 Å². The van der Waals surface area contributed by atoms with Gasteiger partial charge in [0, 0.05) is 85.4 Å². The summed E-state index contributed by atoms with van der Waals surface area (Å²) in [5.41, 5.74) is 27.0. The molecule has 17 nitrogen and oxygen atoms in total. The third-order valence-corrected chi connectivity index (χ3v) is 13.2. The number of carbonyl (C=O) groups is 2. The van der Waals surface area contributed by atoms with E-state index in [2.05, 4.69) is 16.0 Å². The molecule has 5 rings (SSSR count). The highest BCUT2D eigenvalue weighted by Crippen LogP contribution is 2.36. The summed E-state index contributed by atoms with van der Waals surface area (Å²) in [6.45, 7) is 3.33. The molecule has 2 aliphatic carbocycles. The highest BCUT2D eigenvalue weighted by atomic mass is 33.1. The smallest absolute Gasteiger partial charge is 0.196 e. The van der Waals surface area contributed by atoms with Crippen molar-refractivity contribution in [2.24, 2.45) is 22.9 Å². The van der Waals surface area contributed by atoms with Gasteiger partial charge < -0.3 is 78.3 Å². The predicted octanol–water partition coefficient (Wildman–Crippen LogP) is -0.252. The SMILES string of the molecule is NC[C@H]1O[C@H](O[C@H]2[C@H](OCCCCCCSSCCNCCNc3ccc(NCCOCCO)c4c3C(=O)c3ccccc3C4=O)[C@@H](O)[C@H](N)C[C@@H]2N)[C@H](N)[C@@H](O)[C@@H]1O. The number of fused-ring (bicyclic) bond motifs is 2. The number of benzene rings is 2. The summed E-state index contributed by atoms with van der Waals surface area (Å²) >= 11 is 0. The van der Waals surface area contributed by atoms with Crippen LogP contribution in [-0.4, -0.2) is 164 Å². The van der Waals surface area contributed by atoms with Crippen LogP contribution in [0.25, 0.3) is 0 Å². The van der Waals surface area contributed by atoms with Gasteiger partial charge in [-0.2, -0.15) is 0 Å². The van der Waals surface area contributed by atoms with Crippen molar-refractivity contribution in [3.63, 3.8) is 0 Å². The standard InChI is InChI=1S/C40H63N7O10S2/c41-22-29-36(52)37(53)32(44)40(56-29)57-38-26(43)21-25(42)35(51)39(38)55-16-5-1-2-6-19-58-59-20-14-45-11-12-46-27-9-10-28(47-13-17-54-18-15-48)31-30(27)33(49)23-7-3-4-8-24(23)34(31)50/h3-4,7-10,25-26,29,32,35-40,45-48,51-53H,1-2,5-6,11-22,41-44H2/t25-,26+,29-,32-,35+,36-,37-,38-,39-,40-/m1/s1. The van der Waals surface area contributed by atoms with Crippen molar-refractivity contribution in [3.8, 4) is 0 Å². The third-order valence-electron chi connectivity index (χ3n) is 10.7. The number of nitrogens with two attached hydrogens (primary N) is 4. The van der Waals surface area contributed by atoms with Gasteiger partial charge >= 0.3 is 0 Å². The molecule has 19 heteroatoms. The number of hydrogen-bond acceptors (Lipinski definition) is 19. The third kappa shape index (κ3) is 12.6. The van der Waals surface area contributed by atoms with Gasteiger partial charge in [-0.3, -0.25) is 9.59 Å². The number of nitrogens with one attached hydrogen (secondary N) is 3. The highest BCUT2D eigenvalue weighted by molar-refractivity contribution is 8.76. The molecule has 2 fully saturated rings. The minimum Gasteiger partial charge on any atom is -0.394 e. The highest BCUT2D eigenvalue weighted by Gasteiger charge is 2.48. The molecule has 15 N–H and O–H groups in total. The Morgan fingerprint density at radius 3 is 2.07 bits per heavy atom. The molecule has 10 atom stereocenters. The molecule has 3 aliphatic rings. The van der Waals surface area contributed by atoms with E-state index in [-0.39, 0.29) is 31.3 Å². The zero-order valence-corrected chi connectivity index (χ0v) is 35.0. The van der Waals surface area contributed by atoms with E-state index in [0.29, 0.717) is 72.9 Å². The van der Waals surface area contributed by atoms with Crippen LogP contribution in [0, 0.1) is 0 Å². The Morgan fingerprint density at radius 1 is 0.729 bits per heavy atom. The maximum Gasteiger partial charge on any atom is 0.196 e. The van der Waals surface area contributed by atoms with Gasteiger partial charge in [-0.05, 0) is 31.4 Å². The average molecular weight is 866 g/mol. The minimum absolute atomic E-state index is 0.0424. The molecule has 0 unspecified atom stereocenters. The van der Waals surface area contributed by atoms with Crippen molar-refractivity contribution in [1.29, 1.82) is 0 Å². The van der Waals surface area contributed by atoms with Crippen molar-refractivity contribution in [2.75, 3.05) is 81.3 Å². The molecular weight excluding hydrogens is 803 g/mol. The van der Waals surface area contributed by atoms with Gasteiger partial charge in [0.15, 0.2) is 17.9 Å². The summed E-state index contributed by atoms with van der Waals surface area (Å²) in [7, 11) is 3.65. The molecule has 1 saturated carbocycles. The molecule has 59 heavy (non-hydrogen) atoms. The van der Waals surface area contributed by atoms with E-state index in [9.17, 15) is 24.9 Å². The zero-order chi connectivity index (χ0) is 42.3. The fourth-order valence-corrected chi connectivity index (χ4v) is 9.58. The number of carbonyl (C=O) groups excluding carboxylic acids is 2. The van der Waals surface area contributed by atoms with Crippen molar-refractivity contribution >= 4 is 44.5 Å². The number of ether oxygens (including phenoxy) is 4. The number of ketones is 2. The number of aliphatic hydroxyl groups is 4. The molecule has 0 spiro atoms. The van der Waals surface area contributed by atoms with Crippen LogP contribution in [0.15, 0.2) is 36.4 Å². The molecule has 2 aromatic carbocycles. The summed E-state index contributed by atoms with van der Waals surface area (Å²) in [6, 6.07) is 8.33. The summed E-state index contributed by atoms with van der Waals surface area (Å²) < 4.78 is 23.3. The lowest BCUT2D eigenvalue weighted by molar-refractivity contribution is -0.291. The number of unbranched alkanes of at least 4 members (excludes halogenated alkanes) is 3. The maximum atomic E-state index is 13.6. The van der Waals surface area contributed by atoms with Crippen molar-refractivity contribution in [1.82, 2.24) is 5.32 Å². The molecule has 0 aromatic heterocycles. The van der Waals surface area contributed by atoms with Crippen LogP contribution in [0.5, 0.6) is 0 Å². The molecule has 0 radical (unpaired) electrons. The van der Waals surface area contributed by atoms with E-state index in [1.54, 1.807) is 24.3 Å². The fourth-order valence-electron chi connectivity index (χ4n) is 7.49. The van der Waals surface area contributed by atoms with Crippen LogP contribution < -0.4 is 38.9 Å². The normalized spacial score (nSPS) is 28.0. The lowest BCUT2D eigenvalue weighted by atomic mass is 9.82. The Labute approximate surface area is 353 Å². The molecule has 1 saturated heterocycles. The predicted molar refractivity (Wildman–Crippen MR) is 230 cm³/mol. The zero-order valence-electron chi connectivity index (χ0n) is 33.4. The topological polar surface area (TPSA) is 292 Å². The van der Waals surface area contributed by atoms with Crippen LogP contribution in [0.4, 0.5) is 11.4 Å². The van der Waals surface area contributed by atoms with Gasteiger partial charge in [-0.1, -0.05) is 58.7 Å². The van der Waals surface area contributed by atoms with Crippen LogP contribution in [0.3, 0.4) is 0 Å². The lowest BCUT2D eigenvalue weighted by Gasteiger charge is -2.46. The van der Waals surface area contributed by atoms with Gasteiger partial charge in [-0.15, -0.1) is 0 Å². The van der Waals surface area contributed by atoms with Crippen LogP contribution in [-0.2, 0) is 18.9 Å². The van der Waals surface area contributed by atoms with Gasteiger partial charge in [0.2, 0.25) is 0 Å². The van der Waals surface area contributed by atoms with Gasteiger partial charge in [-0.25, -0.2) is 0 Å². The first-order valence-corrected chi connectivity index (χ1v) is 23.0. The van der Waals surface area contributed by atoms with Crippen LogP contribution >= 0.6 is 21.6 Å². The quantitative estimate of drug-likeness (QED) is 0.0387. The van der Waals surface area contributed by atoms with Crippen LogP contribution in [0.2, 0.25) is 0 Å². The van der Waals surface area contributed by atoms with Gasteiger partial charge in [0.05, 0.1) is 43.1 Å². The average Bonchev–Trinajstić information content (AvgIpc) is 3.24. The monoisotopic (exact) mass is 865 g/mol. The molecule has 1 aliphatic heterocycles. The van der Waals surface area contributed by atoms with Crippen molar-refractivity contribution < 1.29 is 49.0 Å². The van der Waals surface area contributed by atoms with E-state index >= 15 is 0 Å². The Kier molecular flexibility index (Phi) is 19.6. The first kappa shape index (κ1) is 47.6. The molecule has 1 heterocycles. The van der Waals surface area contributed by atoms with Gasteiger partial charge in [0.25, 0.3) is 0 Å². The van der Waals surface area contributed by atoms with Crippen molar-refractivity contribution in [3.05, 3.63) is 58.7 Å². The van der Waals surface area contributed by atoms with E-state index < -0.39 is 61.0 Å². The number of anilines is 2. The molecule has 0 bridgehead atoms. The van der Waals surface area contributed by atoms with Gasteiger partial charge in [0.1, 0.15) is 30.5 Å². The molecular formula is C40H63N7O10S2. The maximum absolute atomic E-state index is 13.6. The second-order valence-electron chi connectivity index (χ2n) is 14.9. The number of hydrogen-bond donors (Lipinski definition) is 11. The van der Waals surface area contributed by atoms with E-state index in [1.807, 2.05) is 33.7 Å². The summed E-state index contributed by atoms with van der Waals surface area (Å²) in [4.78, 5) is 27.2.